The highest BCUT2D eigenvalue weighted by Crippen LogP contribution is 2.48. The van der Waals surface area contributed by atoms with E-state index < -0.39 is 35.2 Å². The van der Waals surface area contributed by atoms with E-state index in [2.05, 4.69) is 20.9 Å². The van der Waals surface area contributed by atoms with Crippen LogP contribution in [0, 0.1) is 6.92 Å². The molecule has 2 heterocycles. The van der Waals surface area contributed by atoms with Crippen molar-refractivity contribution in [2.75, 3.05) is 18.4 Å². The molecule has 372 valence electrons. The fourth-order valence-corrected chi connectivity index (χ4v) is 9.69. The van der Waals surface area contributed by atoms with Gasteiger partial charge in [-0.15, -0.1) is 0 Å². The van der Waals surface area contributed by atoms with Crippen LogP contribution < -0.4 is 31.7 Å². The van der Waals surface area contributed by atoms with E-state index in [1.807, 2.05) is 51.1 Å². The van der Waals surface area contributed by atoms with Crippen molar-refractivity contribution in [3.63, 3.8) is 0 Å². The lowest BCUT2D eigenvalue weighted by Crippen LogP contribution is -2.76. The first-order valence-corrected chi connectivity index (χ1v) is 23.8. The minimum Gasteiger partial charge on any atom is -0.507 e. The number of hydrogen-bond donors (Lipinski definition) is 8. The van der Waals surface area contributed by atoms with Crippen LogP contribution >= 0.6 is 23.2 Å². The molecule has 18 heteroatoms. The quantitative estimate of drug-likeness (QED) is 0.0474. The van der Waals surface area contributed by atoms with Crippen LogP contribution in [0.15, 0.2) is 123 Å². The first kappa shape index (κ1) is 50.0. The summed E-state index contributed by atoms with van der Waals surface area (Å²) < 4.78 is 12.6. The van der Waals surface area contributed by atoms with E-state index in [1.165, 1.54) is 60.7 Å². The number of amides is 2. The average Bonchev–Trinajstić information content (AvgIpc) is 3.38. The zero-order valence-electron chi connectivity index (χ0n) is 39.5. The van der Waals surface area contributed by atoms with Crippen molar-refractivity contribution in [3.05, 3.63) is 179 Å². The lowest BCUT2D eigenvalue weighted by atomic mass is 9.88. The molecule has 4 aliphatic rings. The van der Waals surface area contributed by atoms with Gasteiger partial charge in [-0.2, -0.15) is 0 Å². The van der Waals surface area contributed by atoms with Gasteiger partial charge >= 0.3 is 17.9 Å². The number of phenols is 1. The zero-order chi connectivity index (χ0) is 52.7. The molecule has 5 aromatic carbocycles. The molecule has 16 nitrogen and oxygen atoms in total. The van der Waals surface area contributed by atoms with Crippen LogP contribution in [0.5, 0.6) is 5.75 Å². The van der Waals surface area contributed by atoms with E-state index in [1.54, 1.807) is 12.1 Å². The second-order valence-electron chi connectivity index (χ2n) is 17.2. The number of halogens is 2. The third kappa shape index (κ3) is 9.35. The van der Waals surface area contributed by atoms with Gasteiger partial charge in [-0.05, 0) is 105 Å². The number of phenolic OH excluding ortho intramolecular Hbond substituents is 1. The number of carbonyl (C=O) groups excluding carboxylic acids is 2. The number of carboxylic acid groups (broad SMARTS) is 3. The monoisotopic (exact) mass is 1030 g/mol. The Morgan fingerprint density at radius 3 is 2.04 bits per heavy atom. The van der Waals surface area contributed by atoms with E-state index >= 15 is 0 Å². The van der Waals surface area contributed by atoms with Crippen molar-refractivity contribution in [2.24, 2.45) is 0 Å². The molecule has 0 fully saturated rings. The minimum atomic E-state index is -1.41. The number of hydrogen-bond acceptors (Lipinski definition) is 10. The predicted octanol–water partition coefficient (Wildman–Crippen LogP) is 8.79. The van der Waals surface area contributed by atoms with Crippen molar-refractivity contribution in [1.82, 2.24) is 10.6 Å². The van der Waals surface area contributed by atoms with Crippen LogP contribution in [-0.4, -0.2) is 63.2 Å². The molecule has 8 N–H and O–H groups in total. The Kier molecular flexibility index (Phi) is 13.7. The lowest BCUT2D eigenvalue weighted by molar-refractivity contribution is -0.496. The van der Waals surface area contributed by atoms with Crippen molar-refractivity contribution < 1.29 is 58.2 Å². The first-order chi connectivity index (χ1) is 35.5. The van der Waals surface area contributed by atoms with Crippen LogP contribution in [0.25, 0.3) is 66.8 Å². The standard InChI is InChI=1S/C56H42Cl2N4O12/c1-4-59-30-11-14-34-43(20-30)73-45-23-41(60-5-2)26(3)18-37(45)47(34)48-40(57)22-38(50(58)49(48)56(71)72)53(66)61-24-27-6-8-28(9-7-27)52(65)62-25-39-42(64)17-16-35-46(33-15-12-31(63)21-44(33)74-51(35)39)32-13-10-29(54(67)68)19-36(32)55(69)70/h6-23,59,64H,4-5,24-25H2,1-3H3,(H,61,66)(H,62,65)(H,67,68)(H,69,70)(H,71,72)/p+1. The van der Waals surface area contributed by atoms with Gasteiger partial charge in [-0.3, -0.25) is 14.4 Å². The van der Waals surface area contributed by atoms with Crippen molar-refractivity contribution in [3.8, 4) is 50.7 Å². The zero-order valence-corrected chi connectivity index (χ0v) is 41.0. The molecule has 0 saturated heterocycles. The summed E-state index contributed by atoms with van der Waals surface area (Å²) in [4.78, 5) is 80.7. The van der Waals surface area contributed by atoms with E-state index in [4.69, 9.17) is 32.0 Å². The number of nitrogens with one attached hydrogen (secondary N) is 4. The third-order valence-corrected chi connectivity index (χ3v) is 13.2. The fraction of sp³-hybridized carbons (Fsp3) is 0.125. The summed E-state index contributed by atoms with van der Waals surface area (Å²) in [6.45, 7) is 6.79. The molecule has 2 amide bonds. The maximum Gasteiger partial charge on any atom is 0.337 e. The molecule has 74 heavy (non-hydrogen) atoms. The average molecular weight is 1030 g/mol. The molecule has 0 atom stereocenters. The molecule has 2 aliphatic heterocycles. The van der Waals surface area contributed by atoms with Crippen molar-refractivity contribution in [2.45, 2.75) is 33.9 Å². The van der Waals surface area contributed by atoms with Gasteiger partial charge in [0.1, 0.15) is 35.0 Å². The molecule has 0 spiro atoms. The van der Waals surface area contributed by atoms with E-state index in [-0.39, 0.29) is 90.3 Å². The number of carbonyl (C=O) groups is 5. The van der Waals surface area contributed by atoms with Gasteiger partial charge in [0.2, 0.25) is 5.36 Å². The van der Waals surface area contributed by atoms with Gasteiger partial charge in [0.05, 0.1) is 50.5 Å². The van der Waals surface area contributed by atoms with Crippen LogP contribution in [0.4, 0.5) is 5.69 Å². The van der Waals surface area contributed by atoms with Crippen LogP contribution in [0.3, 0.4) is 0 Å². The molecule has 0 unspecified atom stereocenters. The van der Waals surface area contributed by atoms with Crippen LogP contribution in [0.1, 0.15) is 82.3 Å². The number of carboxylic acids is 3. The molecule has 9 rings (SSSR count). The maximum absolute atomic E-state index is 13.8. The van der Waals surface area contributed by atoms with Gasteiger partial charge < -0.3 is 45.2 Å². The van der Waals surface area contributed by atoms with Gasteiger partial charge in [0.15, 0.2) is 5.43 Å². The first-order valence-electron chi connectivity index (χ1n) is 23.0. The highest BCUT2D eigenvalue weighted by Gasteiger charge is 2.31. The number of rotatable bonds is 14. The fourth-order valence-electron chi connectivity index (χ4n) is 9.08. The normalized spacial score (nSPS) is 11.6. The Bertz CT molecular complexity index is 3900. The van der Waals surface area contributed by atoms with Gasteiger partial charge in [-0.1, -0.05) is 41.4 Å². The summed E-state index contributed by atoms with van der Waals surface area (Å²) in [6.07, 6.45) is 0. The highest BCUT2D eigenvalue weighted by atomic mass is 35.5. The summed E-state index contributed by atoms with van der Waals surface area (Å²) in [5.41, 5.74) is 3.30. The summed E-state index contributed by atoms with van der Waals surface area (Å²) in [5.74, 6) is -5.22. The highest BCUT2D eigenvalue weighted by molar-refractivity contribution is 6.41. The minimum absolute atomic E-state index is 0.0279. The van der Waals surface area contributed by atoms with Crippen LogP contribution in [0.2, 0.25) is 10.0 Å². The van der Waals surface area contributed by atoms with Gasteiger partial charge in [-0.25, -0.2) is 19.4 Å². The number of anilines is 1. The van der Waals surface area contributed by atoms with Crippen molar-refractivity contribution >= 4 is 80.6 Å². The largest absolute Gasteiger partial charge is 0.507 e. The number of fused-ring (bicyclic) bond motifs is 4. The van der Waals surface area contributed by atoms with E-state index in [9.17, 15) is 49.2 Å². The smallest absolute Gasteiger partial charge is 0.337 e. The summed E-state index contributed by atoms with van der Waals surface area (Å²) in [5, 5.41) is 51.7. The Labute approximate surface area is 429 Å². The Morgan fingerprint density at radius 2 is 1.34 bits per heavy atom. The van der Waals surface area contributed by atoms with Crippen LogP contribution in [-0.2, 0) is 13.1 Å². The third-order valence-electron chi connectivity index (χ3n) is 12.5. The topological polar surface area (TPSA) is 260 Å². The Balaban J connectivity index is 0.975. The number of benzene rings is 7. The molecular weight excluding hydrogens is 992 g/mol. The molecule has 0 bridgehead atoms. The van der Waals surface area contributed by atoms with Crippen molar-refractivity contribution in [1.29, 1.82) is 0 Å². The summed E-state index contributed by atoms with van der Waals surface area (Å²) in [7, 11) is 0. The SMILES string of the molecule is CCNc1ccc2c(-c3c(Cl)cc(C(=O)NCc4ccc(C(=O)NCc5c(O)ccc6c(-c7ccc(C(=O)O)cc7C(=O)O)c7ccc(=O)cc-7oc56)cc4)c(Cl)c3C(=O)O)c3cc(C)c(=[NH+]CC)cc-3oc2c1. The Morgan fingerprint density at radius 1 is 0.635 bits per heavy atom. The lowest BCUT2D eigenvalue weighted by Gasteiger charge is -2.20. The van der Waals surface area contributed by atoms with Gasteiger partial charge in [0.25, 0.3) is 11.8 Å². The molecule has 0 saturated carbocycles. The second-order valence-corrected chi connectivity index (χ2v) is 18.0. The number of aromatic hydroxyl groups is 1. The molecule has 0 aromatic heterocycles. The summed E-state index contributed by atoms with van der Waals surface area (Å²) >= 11 is 13.9. The predicted molar refractivity (Wildman–Crippen MR) is 278 cm³/mol. The molecule has 0 radical (unpaired) electrons. The molecule has 5 aromatic rings. The number of aromatic carboxylic acids is 3. The van der Waals surface area contributed by atoms with Gasteiger partial charge in [0, 0.05) is 80.6 Å². The molecule has 2 aliphatic carbocycles. The summed E-state index contributed by atoms with van der Waals surface area (Å²) in [6, 6.07) is 27.1. The number of aryl methyl sites for hydroxylation is 1. The van der Waals surface area contributed by atoms with E-state index in [0.717, 1.165) is 22.7 Å². The van der Waals surface area contributed by atoms with E-state index in [0.29, 0.717) is 57.5 Å². The molecular formula is C56H43Cl2N4O12+. The second kappa shape index (κ2) is 20.3. The maximum atomic E-state index is 13.8. The Hall–Kier alpha value is -8.99.